The summed E-state index contributed by atoms with van der Waals surface area (Å²) in [6.07, 6.45) is 1.09. The summed E-state index contributed by atoms with van der Waals surface area (Å²) in [6, 6.07) is 2.67. The number of nitrogens with one attached hydrogen (secondary N) is 1. The van der Waals surface area contributed by atoms with E-state index in [9.17, 15) is 14.4 Å². The molecule has 1 amide bonds. The quantitative estimate of drug-likeness (QED) is 0.757. The summed E-state index contributed by atoms with van der Waals surface area (Å²) in [7, 11) is 0. The molecule has 1 aromatic heterocycles. The standard InChI is InChI=1S/C13H19N3O4/c1-3-8-16-11(17)5-4-10(15-16)12(18)14-7-6-9(2)13(19)20/h4-5,9H,3,6-8H2,1-2H3,(H,14,18)(H,19,20). The zero-order valence-corrected chi connectivity index (χ0v) is 11.6. The van der Waals surface area contributed by atoms with Gasteiger partial charge >= 0.3 is 5.97 Å². The zero-order chi connectivity index (χ0) is 15.1. The smallest absolute Gasteiger partial charge is 0.306 e. The number of carboxylic acid groups (broad SMARTS) is 1. The fraction of sp³-hybridized carbons (Fsp3) is 0.538. The monoisotopic (exact) mass is 281 g/mol. The van der Waals surface area contributed by atoms with Gasteiger partial charge in [-0.2, -0.15) is 5.10 Å². The van der Waals surface area contributed by atoms with E-state index in [-0.39, 0.29) is 17.8 Å². The third-order valence-electron chi connectivity index (χ3n) is 2.82. The lowest BCUT2D eigenvalue weighted by atomic mass is 10.1. The number of carbonyl (C=O) groups excluding carboxylic acids is 1. The van der Waals surface area contributed by atoms with Crippen LogP contribution in [0.5, 0.6) is 0 Å². The minimum absolute atomic E-state index is 0.154. The van der Waals surface area contributed by atoms with E-state index in [1.165, 1.54) is 16.8 Å². The molecular weight excluding hydrogens is 262 g/mol. The van der Waals surface area contributed by atoms with Crippen molar-refractivity contribution >= 4 is 11.9 Å². The van der Waals surface area contributed by atoms with E-state index < -0.39 is 17.8 Å². The molecule has 0 aliphatic rings. The number of nitrogens with zero attached hydrogens (tertiary/aromatic N) is 2. The number of rotatable bonds is 7. The summed E-state index contributed by atoms with van der Waals surface area (Å²) in [5.74, 6) is -1.82. The van der Waals surface area contributed by atoms with Crippen LogP contribution in [-0.4, -0.2) is 33.3 Å². The summed E-state index contributed by atoms with van der Waals surface area (Å²) in [4.78, 5) is 33.9. The molecule has 0 radical (unpaired) electrons. The van der Waals surface area contributed by atoms with Crippen molar-refractivity contribution in [3.05, 3.63) is 28.2 Å². The van der Waals surface area contributed by atoms with E-state index in [4.69, 9.17) is 5.11 Å². The second kappa shape index (κ2) is 7.42. The van der Waals surface area contributed by atoms with Crippen LogP contribution in [0.25, 0.3) is 0 Å². The number of aromatic nitrogens is 2. The molecule has 1 unspecified atom stereocenters. The Labute approximate surface area is 116 Å². The first-order chi connectivity index (χ1) is 9.45. The molecule has 1 aromatic rings. The third kappa shape index (κ3) is 4.49. The molecule has 20 heavy (non-hydrogen) atoms. The molecule has 0 fully saturated rings. The number of hydrogen-bond acceptors (Lipinski definition) is 4. The van der Waals surface area contributed by atoms with Gasteiger partial charge < -0.3 is 10.4 Å². The molecule has 7 heteroatoms. The van der Waals surface area contributed by atoms with E-state index in [1.807, 2.05) is 6.92 Å². The average molecular weight is 281 g/mol. The molecule has 0 aromatic carbocycles. The topological polar surface area (TPSA) is 101 Å². The van der Waals surface area contributed by atoms with Crippen molar-refractivity contribution < 1.29 is 14.7 Å². The lowest BCUT2D eigenvalue weighted by Crippen LogP contribution is -2.31. The summed E-state index contributed by atoms with van der Waals surface area (Å²) >= 11 is 0. The first kappa shape index (κ1) is 15.9. The van der Waals surface area contributed by atoms with Crippen molar-refractivity contribution in [3.63, 3.8) is 0 Å². The summed E-state index contributed by atoms with van der Waals surface area (Å²) in [5, 5.41) is 15.3. The Morgan fingerprint density at radius 1 is 1.45 bits per heavy atom. The summed E-state index contributed by atoms with van der Waals surface area (Å²) in [6.45, 7) is 4.19. The molecule has 1 heterocycles. The summed E-state index contributed by atoms with van der Waals surface area (Å²) in [5.41, 5.74) is -0.0936. The van der Waals surface area contributed by atoms with Crippen LogP contribution in [0.2, 0.25) is 0 Å². The van der Waals surface area contributed by atoms with Crippen molar-refractivity contribution in [2.75, 3.05) is 6.54 Å². The maximum atomic E-state index is 11.8. The number of aryl methyl sites for hydroxylation is 1. The van der Waals surface area contributed by atoms with Gasteiger partial charge in [0.05, 0.1) is 5.92 Å². The number of hydrogen-bond donors (Lipinski definition) is 2. The van der Waals surface area contributed by atoms with Gasteiger partial charge in [0.2, 0.25) is 0 Å². The normalized spacial score (nSPS) is 11.9. The molecule has 0 spiro atoms. The number of aliphatic carboxylic acids is 1. The molecule has 2 N–H and O–H groups in total. The highest BCUT2D eigenvalue weighted by Crippen LogP contribution is 2.00. The fourth-order valence-corrected chi connectivity index (χ4v) is 1.56. The number of carboxylic acids is 1. The highest BCUT2D eigenvalue weighted by molar-refractivity contribution is 5.91. The average Bonchev–Trinajstić information content (AvgIpc) is 2.41. The van der Waals surface area contributed by atoms with Crippen molar-refractivity contribution in [3.8, 4) is 0 Å². The maximum absolute atomic E-state index is 11.8. The Kier molecular flexibility index (Phi) is 5.89. The van der Waals surface area contributed by atoms with E-state index >= 15 is 0 Å². The highest BCUT2D eigenvalue weighted by Gasteiger charge is 2.13. The van der Waals surface area contributed by atoms with Crippen molar-refractivity contribution in [1.29, 1.82) is 0 Å². The Morgan fingerprint density at radius 3 is 2.75 bits per heavy atom. The first-order valence-electron chi connectivity index (χ1n) is 6.55. The lowest BCUT2D eigenvalue weighted by molar-refractivity contribution is -0.141. The predicted molar refractivity (Wildman–Crippen MR) is 72.5 cm³/mol. The van der Waals surface area contributed by atoms with Gasteiger partial charge in [0.1, 0.15) is 5.69 Å². The molecule has 0 aliphatic heterocycles. The van der Waals surface area contributed by atoms with Gasteiger partial charge in [-0.3, -0.25) is 14.4 Å². The van der Waals surface area contributed by atoms with E-state index in [0.29, 0.717) is 13.0 Å². The van der Waals surface area contributed by atoms with Crippen LogP contribution >= 0.6 is 0 Å². The zero-order valence-electron chi connectivity index (χ0n) is 11.6. The van der Waals surface area contributed by atoms with Gasteiger partial charge in [-0.05, 0) is 18.9 Å². The fourth-order valence-electron chi connectivity index (χ4n) is 1.56. The maximum Gasteiger partial charge on any atom is 0.306 e. The number of amides is 1. The van der Waals surface area contributed by atoms with E-state index in [2.05, 4.69) is 10.4 Å². The number of carbonyl (C=O) groups is 2. The molecule has 0 saturated heterocycles. The Balaban J connectivity index is 2.61. The van der Waals surface area contributed by atoms with Gasteiger partial charge in [-0.1, -0.05) is 13.8 Å². The molecule has 1 rings (SSSR count). The minimum atomic E-state index is -0.895. The Bertz CT molecular complexity index is 539. The second-order valence-electron chi connectivity index (χ2n) is 4.56. The van der Waals surface area contributed by atoms with Gasteiger partial charge in [0.15, 0.2) is 0 Å². The minimum Gasteiger partial charge on any atom is -0.481 e. The molecule has 0 saturated carbocycles. The Hall–Kier alpha value is -2.18. The SMILES string of the molecule is CCCn1nc(C(=O)NCCC(C)C(=O)O)ccc1=O. The van der Waals surface area contributed by atoms with Gasteiger partial charge in [-0.25, -0.2) is 4.68 Å². The molecule has 110 valence electrons. The van der Waals surface area contributed by atoms with Crippen LogP contribution in [-0.2, 0) is 11.3 Å². The van der Waals surface area contributed by atoms with Gasteiger partial charge in [0, 0.05) is 19.2 Å². The highest BCUT2D eigenvalue weighted by atomic mass is 16.4. The van der Waals surface area contributed by atoms with Crippen LogP contribution in [0.1, 0.15) is 37.2 Å². The van der Waals surface area contributed by atoms with Crippen molar-refractivity contribution in [2.45, 2.75) is 33.2 Å². The predicted octanol–water partition coefficient (Wildman–Crippen LogP) is 0.494. The second-order valence-corrected chi connectivity index (χ2v) is 4.56. The van der Waals surface area contributed by atoms with Crippen molar-refractivity contribution in [2.24, 2.45) is 5.92 Å². The van der Waals surface area contributed by atoms with Crippen LogP contribution in [0.15, 0.2) is 16.9 Å². The van der Waals surface area contributed by atoms with Crippen LogP contribution in [0, 0.1) is 5.92 Å². The van der Waals surface area contributed by atoms with E-state index in [1.54, 1.807) is 6.92 Å². The Morgan fingerprint density at radius 2 is 2.15 bits per heavy atom. The third-order valence-corrected chi connectivity index (χ3v) is 2.82. The molecular formula is C13H19N3O4. The molecule has 0 bridgehead atoms. The molecule has 7 nitrogen and oxygen atoms in total. The largest absolute Gasteiger partial charge is 0.481 e. The van der Waals surface area contributed by atoms with Crippen LogP contribution < -0.4 is 10.9 Å². The lowest BCUT2D eigenvalue weighted by Gasteiger charge is -2.08. The van der Waals surface area contributed by atoms with Crippen molar-refractivity contribution in [1.82, 2.24) is 15.1 Å². The van der Waals surface area contributed by atoms with Gasteiger partial charge in [0.25, 0.3) is 11.5 Å². The van der Waals surface area contributed by atoms with Crippen LogP contribution in [0.3, 0.4) is 0 Å². The summed E-state index contributed by atoms with van der Waals surface area (Å²) < 4.78 is 1.24. The molecule has 1 atom stereocenters. The molecule has 0 aliphatic carbocycles. The van der Waals surface area contributed by atoms with Crippen LogP contribution in [0.4, 0.5) is 0 Å². The van der Waals surface area contributed by atoms with Gasteiger partial charge in [-0.15, -0.1) is 0 Å². The first-order valence-corrected chi connectivity index (χ1v) is 6.55. The van der Waals surface area contributed by atoms with E-state index in [0.717, 1.165) is 6.42 Å².